The van der Waals surface area contributed by atoms with Crippen molar-refractivity contribution in [2.24, 2.45) is 0 Å². The first-order chi connectivity index (χ1) is 7.54. The van der Waals surface area contributed by atoms with Gasteiger partial charge in [0.15, 0.2) is 0 Å². The quantitative estimate of drug-likeness (QED) is 0.801. The zero-order chi connectivity index (χ0) is 11.9. The molecule has 0 aliphatic rings. The molecule has 0 atom stereocenters. The van der Waals surface area contributed by atoms with Gasteiger partial charge in [0.05, 0.1) is 17.8 Å². The highest BCUT2D eigenvalue weighted by molar-refractivity contribution is 7.21. The molecule has 0 amide bonds. The number of esters is 1. The SMILES string of the molecule is COC(=O)c1sc2cc(Cl)c(F)cc2c1N. The number of benzene rings is 1. The van der Waals surface area contributed by atoms with Crippen LogP contribution in [0.5, 0.6) is 0 Å². The third-order valence-corrected chi connectivity index (χ3v) is 3.58. The Bertz CT molecular complexity index is 582. The Kier molecular flexibility index (Phi) is 2.73. The molecule has 0 spiro atoms. The van der Waals surface area contributed by atoms with Crippen LogP contribution in [0, 0.1) is 5.82 Å². The van der Waals surface area contributed by atoms with Gasteiger partial charge >= 0.3 is 5.97 Å². The second-order valence-corrected chi connectivity index (χ2v) is 4.56. The molecule has 16 heavy (non-hydrogen) atoms. The van der Waals surface area contributed by atoms with Gasteiger partial charge in [-0.05, 0) is 12.1 Å². The van der Waals surface area contributed by atoms with E-state index in [0.717, 1.165) is 11.3 Å². The summed E-state index contributed by atoms with van der Waals surface area (Å²) >= 11 is 6.77. The highest BCUT2D eigenvalue weighted by Crippen LogP contribution is 2.36. The number of nitrogen functional groups attached to an aromatic ring is 1. The monoisotopic (exact) mass is 259 g/mol. The predicted molar refractivity (Wildman–Crippen MR) is 62.5 cm³/mol. The van der Waals surface area contributed by atoms with Crippen LogP contribution in [0.1, 0.15) is 9.67 Å². The van der Waals surface area contributed by atoms with Gasteiger partial charge in [-0.1, -0.05) is 11.6 Å². The zero-order valence-electron chi connectivity index (χ0n) is 8.21. The predicted octanol–water partition coefficient (Wildman–Crippen LogP) is 3.06. The van der Waals surface area contributed by atoms with Crippen molar-refractivity contribution < 1.29 is 13.9 Å². The summed E-state index contributed by atoms with van der Waals surface area (Å²) in [6.07, 6.45) is 0. The number of hydrogen-bond acceptors (Lipinski definition) is 4. The van der Waals surface area contributed by atoms with Crippen LogP contribution in [0.15, 0.2) is 12.1 Å². The molecule has 0 saturated heterocycles. The summed E-state index contributed by atoms with van der Waals surface area (Å²) in [4.78, 5) is 11.6. The van der Waals surface area contributed by atoms with Crippen molar-refractivity contribution in [3.8, 4) is 0 Å². The van der Waals surface area contributed by atoms with Gasteiger partial charge in [-0.15, -0.1) is 11.3 Å². The standard InChI is InChI=1S/C10H7ClFNO2S/c1-15-10(14)9-8(13)4-2-6(12)5(11)3-7(4)16-9/h2-3H,13H2,1H3. The van der Waals surface area contributed by atoms with Crippen molar-refractivity contribution in [2.75, 3.05) is 12.8 Å². The molecule has 0 fully saturated rings. The molecule has 0 radical (unpaired) electrons. The molecule has 3 nitrogen and oxygen atoms in total. The van der Waals surface area contributed by atoms with Gasteiger partial charge < -0.3 is 10.5 Å². The van der Waals surface area contributed by atoms with Gasteiger partial charge in [0.25, 0.3) is 0 Å². The van der Waals surface area contributed by atoms with Crippen molar-refractivity contribution in [2.45, 2.75) is 0 Å². The number of methoxy groups -OCH3 is 1. The smallest absolute Gasteiger partial charge is 0.350 e. The average Bonchev–Trinajstić information content (AvgIpc) is 2.56. The van der Waals surface area contributed by atoms with Crippen molar-refractivity contribution in [3.63, 3.8) is 0 Å². The number of hydrogen-bond donors (Lipinski definition) is 1. The molecule has 6 heteroatoms. The van der Waals surface area contributed by atoms with E-state index in [1.54, 1.807) is 0 Å². The lowest BCUT2D eigenvalue weighted by molar-refractivity contribution is 0.0607. The summed E-state index contributed by atoms with van der Waals surface area (Å²) in [6, 6.07) is 2.66. The Morgan fingerprint density at radius 2 is 2.25 bits per heavy atom. The minimum atomic E-state index is -0.560. The molecule has 1 heterocycles. The molecule has 84 valence electrons. The van der Waals surface area contributed by atoms with E-state index in [1.807, 2.05) is 0 Å². The topological polar surface area (TPSA) is 52.3 Å². The normalized spacial score (nSPS) is 10.7. The fourth-order valence-corrected chi connectivity index (χ4v) is 2.65. The van der Waals surface area contributed by atoms with E-state index in [9.17, 15) is 9.18 Å². The van der Waals surface area contributed by atoms with E-state index in [2.05, 4.69) is 4.74 Å². The molecular weight excluding hydrogens is 253 g/mol. The summed E-state index contributed by atoms with van der Waals surface area (Å²) in [6.45, 7) is 0. The molecule has 0 aliphatic heterocycles. The average molecular weight is 260 g/mol. The summed E-state index contributed by atoms with van der Waals surface area (Å²) in [7, 11) is 1.26. The van der Waals surface area contributed by atoms with E-state index in [1.165, 1.54) is 19.2 Å². The minimum Gasteiger partial charge on any atom is -0.465 e. The van der Waals surface area contributed by atoms with E-state index >= 15 is 0 Å². The van der Waals surface area contributed by atoms with E-state index in [-0.39, 0.29) is 15.6 Å². The third-order valence-electron chi connectivity index (χ3n) is 2.14. The second-order valence-electron chi connectivity index (χ2n) is 3.10. The maximum absolute atomic E-state index is 13.2. The highest BCUT2D eigenvalue weighted by Gasteiger charge is 2.18. The molecule has 2 rings (SSSR count). The van der Waals surface area contributed by atoms with Crippen LogP contribution in [-0.4, -0.2) is 13.1 Å². The molecule has 2 N–H and O–H groups in total. The van der Waals surface area contributed by atoms with Crippen LogP contribution < -0.4 is 5.73 Å². The Morgan fingerprint density at radius 3 is 2.88 bits per heavy atom. The maximum Gasteiger partial charge on any atom is 0.350 e. The van der Waals surface area contributed by atoms with Crippen LogP contribution in [0.3, 0.4) is 0 Å². The zero-order valence-corrected chi connectivity index (χ0v) is 9.79. The van der Waals surface area contributed by atoms with Crippen LogP contribution in [0.25, 0.3) is 10.1 Å². The Balaban J connectivity index is 2.73. The molecule has 0 bridgehead atoms. The molecular formula is C10H7ClFNO2S. The molecule has 0 aliphatic carbocycles. The van der Waals surface area contributed by atoms with Crippen molar-refractivity contribution in [1.29, 1.82) is 0 Å². The number of rotatable bonds is 1. The van der Waals surface area contributed by atoms with Crippen LogP contribution in [0.4, 0.5) is 10.1 Å². The van der Waals surface area contributed by atoms with Gasteiger partial charge in [0, 0.05) is 10.1 Å². The Labute approximate surface area is 99.6 Å². The number of ether oxygens (including phenoxy) is 1. The number of halogens is 2. The number of carbonyl (C=O) groups is 1. The highest BCUT2D eigenvalue weighted by atomic mass is 35.5. The molecule has 1 aromatic heterocycles. The molecule has 2 aromatic rings. The Morgan fingerprint density at radius 1 is 1.56 bits per heavy atom. The van der Waals surface area contributed by atoms with E-state index < -0.39 is 11.8 Å². The number of carbonyl (C=O) groups excluding carboxylic acids is 1. The van der Waals surface area contributed by atoms with Crippen molar-refractivity contribution in [1.82, 2.24) is 0 Å². The molecule has 0 saturated carbocycles. The molecule has 0 unspecified atom stereocenters. The van der Waals surface area contributed by atoms with Crippen molar-refractivity contribution >= 4 is 44.7 Å². The fraction of sp³-hybridized carbons (Fsp3) is 0.100. The number of anilines is 1. The van der Waals surface area contributed by atoms with Crippen LogP contribution in [-0.2, 0) is 4.74 Å². The van der Waals surface area contributed by atoms with Gasteiger partial charge in [0.2, 0.25) is 0 Å². The Hall–Kier alpha value is -1.33. The first-order valence-electron chi connectivity index (χ1n) is 4.30. The van der Waals surface area contributed by atoms with Gasteiger partial charge in [-0.3, -0.25) is 0 Å². The summed E-state index contributed by atoms with van der Waals surface area (Å²) < 4.78 is 18.5. The van der Waals surface area contributed by atoms with E-state index in [4.69, 9.17) is 17.3 Å². The van der Waals surface area contributed by atoms with Gasteiger partial charge in [-0.2, -0.15) is 0 Å². The lowest BCUT2D eigenvalue weighted by atomic mass is 10.2. The third kappa shape index (κ3) is 1.62. The van der Waals surface area contributed by atoms with Crippen LogP contribution in [0.2, 0.25) is 5.02 Å². The minimum absolute atomic E-state index is 0.00478. The first-order valence-corrected chi connectivity index (χ1v) is 5.49. The number of thiophene rings is 1. The van der Waals surface area contributed by atoms with Crippen LogP contribution >= 0.6 is 22.9 Å². The fourth-order valence-electron chi connectivity index (χ4n) is 1.36. The summed E-state index contributed by atoms with van der Waals surface area (Å²) in [5.74, 6) is -1.09. The van der Waals surface area contributed by atoms with Gasteiger partial charge in [-0.25, -0.2) is 9.18 Å². The maximum atomic E-state index is 13.2. The number of fused-ring (bicyclic) bond motifs is 1. The second kappa shape index (κ2) is 3.92. The number of nitrogens with two attached hydrogens (primary N) is 1. The largest absolute Gasteiger partial charge is 0.465 e. The molecule has 1 aromatic carbocycles. The first kappa shape index (κ1) is 11.2. The van der Waals surface area contributed by atoms with Gasteiger partial charge in [0.1, 0.15) is 10.7 Å². The van der Waals surface area contributed by atoms with Crippen molar-refractivity contribution in [3.05, 3.63) is 27.8 Å². The lowest BCUT2D eigenvalue weighted by Gasteiger charge is -1.96. The van der Waals surface area contributed by atoms with E-state index in [0.29, 0.717) is 10.1 Å². The lowest BCUT2D eigenvalue weighted by Crippen LogP contribution is -2.01. The summed E-state index contributed by atoms with van der Waals surface area (Å²) in [5.41, 5.74) is 5.96. The summed E-state index contributed by atoms with van der Waals surface area (Å²) in [5, 5.41) is 0.484.